The summed E-state index contributed by atoms with van der Waals surface area (Å²) in [6, 6.07) is 6.80. The highest BCUT2D eigenvalue weighted by molar-refractivity contribution is 9.10. The molecule has 1 fully saturated rings. The fourth-order valence-corrected chi connectivity index (χ4v) is 3.43. The molecule has 0 aliphatic carbocycles. The Balaban J connectivity index is 2.10. The molecule has 0 radical (unpaired) electrons. The molecule has 2 rings (SSSR count). The van der Waals surface area contributed by atoms with Crippen LogP contribution in [0.2, 0.25) is 0 Å². The average molecular weight is 356 g/mol. The Hall–Kier alpha value is -1.27. The van der Waals surface area contributed by atoms with E-state index in [1.54, 1.807) is 6.08 Å². The monoisotopic (exact) mass is 355 g/mol. The molecule has 1 aliphatic rings. The van der Waals surface area contributed by atoms with Crippen molar-refractivity contribution in [3.63, 3.8) is 0 Å². The number of nitrogens with zero attached hydrogens (tertiary/aromatic N) is 1. The van der Waals surface area contributed by atoms with Gasteiger partial charge in [0.2, 0.25) is 5.91 Å². The Labute approximate surface area is 130 Å². The van der Waals surface area contributed by atoms with Gasteiger partial charge in [-0.25, -0.2) is 4.79 Å². The third-order valence-electron chi connectivity index (χ3n) is 3.05. The van der Waals surface area contributed by atoms with Gasteiger partial charge in [-0.3, -0.25) is 4.79 Å². The Morgan fingerprint density at radius 1 is 1.40 bits per heavy atom. The maximum absolute atomic E-state index is 12.2. The summed E-state index contributed by atoms with van der Waals surface area (Å²) in [6.45, 7) is 1.85. The van der Waals surface area contributed by atoms with Crippen LogP contribution in [-0.2, 0) is 9.59 Å². The minimum atomic E-state index is -0.952. The normalized spacial score (nSPS) is 22.4. The van der Waals surface area contributed by atoms with Crippen molar-refractivity contribution < 1.29 is 14.7 Å². The van der Waals surface area contributed by atoms with E-state index in [0.717, 1.165) is 10.0 Å². The highest BCUT2D eigenvalue weighted by Gasteiger charge is 2.38. The average Bonchev–Trinajstić information content (AvgIpc) is 2.80. The van der Waals surface area contributed by atoms with E-state index < -0.39 is 12.0 Å². The molecule has 0 spiro atoms. The number of benzene rings is 1. The lowest BCUT2D eigenvalue weighted by atomic mass is 10.2. The second-order valence-corrected chi connectivity index (χ2v) is 6.68. The van der Waals surface area contributed by atoms with Crippen molar-refractivity contribution in [2.24, 2.45) is 0 Å². The second-order valence-electron chi connectivity index (χ2n) is 4.42. The first-order chi connectivity index (χ1) is 9.49. The Morgan fingerprint density at radius 3 is 2.65 bits per heavy atom. The summed E-state index contributed by atoms with van der Waals surface area (Å²) in [5, 5.41) is 9.02. The van der Waals surface area contributed by atoms with Gasteiger partial charge in [0, 0.05) is 16.3 Å². The van der Waals surface area contributed by atoms with Crippen molar-refractivity contribution in [3.05, 3.63) is 40.4 Å². The summed E-state index contributed by atoms with van der Waals surface area (Å²) in [5.41, 5.74) is 0.896. The topological polar surface area (TPSA) is 57.6 Å². The zero-order valence-electron chi connectivity index (χ0n) is 10.8. The van der Waals surface area contributed by atoms with E-state index in [2.05, 4.69) is 15.9 Å². The van der Waals surface area contributed by atoms with Gasteiger partial charge in [-0.1, -0.05) is 28.1 Å². The summed E-state index contributed by atoms with van der Waals surface area (Å²) in [6.07, 6.45) is 3.13. The van der Waals surface area contributed by atoms with Crippen molar-refractivity contribution in [1.29, 1.82) is 0 Å². The number of hydrogen-bond acceptors (Lipinski definition) is 3. The molecule has 0 saturated carbocycles. The van der Waals surface area contributed by atoms with Gasteiger partial charge in [-0.15, -0.1) is 11.8 Å². The maximum atomic E-state index is 12.2. The van der Waals surface area contributed by atoms with Gasteiger partial charge in [0.05, 0.1) is 5.37 Å². The van der Waals surface area contributed by atoms with Crippen LogP contribution in [0.1, 0.15) is 12.5 Å². The number of aliphatic carboxylic acids is 1. The number of hydrogen-bond donors (Lipinski definition) is 1. The molecule has 1 aromatic rings. The third-order valence-corrected chi connectivity index (χ3v) is 4.80. The molecule has 106 valence electrons. The molecule has 20 heavy (non-hydrogen) atoms. The first-order valence-corrected chi connectivity index (χ1v) is 7.93. The predicted octanol–water partition coefficient (Wildman–Crippen LogP) is 2.84. The van der Waals surface area contributed by atoms with Crippen LogP contribution >= 0.6 is 27.7 Å². The van der Waals surface area contributed by atoms with E-state index >= 15 is 0 Å². The van der Waals surface area contributed by atoms with Crippen molar-refractivity contribution in [2.45, 2.75) is 18.3 Å². The minimum absolute atomic E-state index is 0.113. The van der Waals surface area contributed by atoms with E-state index in [4.69, 9.17) is 5.11 Å². The van der Waals surface area contributed by atoms with Crippen LogP contribution in [0.4, 0.5) is 0 Å². The first kappa shape index (κ1) is 15.1. The highest BCUT2D eigenvalue weighted by atomic mass is 79.9. The number of carboxylic acids is 1. The lowest BCUT2D eigenvalue weighted by Crippen LogP contribution is -2.43. The number of carbonyl (C=O) groups is 2. The summed E-state index contributed by atoms with van der Waals surface area (Å²) < 4.78 is 0.969. The number of amides is 1. The highest BCUT2D eigenvalue weighted by Crippen LogP contribution is 2.29. The number of halogens is 1. The molecule has 1 amide bonds. The van der Waals surface area contributed by atoms with Crippen molar-refractivity contribution in [2.75, 3.05) is 5.75 Å². The maximum Gasteiger partial charge on any atom is 0.327 e. The number of rotatable bonds is 3. The number of carbonyl (C=O) groups excluding carboxylic acids is 1. The molecule has 0 bridgehead atoms. The molecule has 1 N–H and O–H groups in total. The zero-order chi connectivity index (χ0) is 14.7. The quantitative estimate of drug-likeness (QED) is 0.847. The summed E-state index contributed by atoms with van der Waals surface area (Å²) in [7, 11) is 0. The lowest BCUT2D eigenvalue weighted by molar-refractivity contribution is -0.147. The van der Waals surface area contributed by atoms with Gasteiger partial charge < -0.3 is 10.0 Å². The van der Waals surface area contributed by atoms with E-state index in [9.17, 15) is 9.59 Å². The van der Waals surface area contributed by atoms with E-state index in [1.807, 2.05) is 31.2 Å². The molecular formula is C14H14BrNO3S. The molecule has 6 heteroatoms. The van der Waals surface area contributed by atoms with Crippen LogP contribution in [0.15, 0.2) is 34.8 Å². The van der Waals surface area contributed by atoms with Crippen molar-refractivity contribution in [1.82, 2.24) is 4.90 Å². The molecule has 2 atom stereocenters. The van der Waals surface area contributed by atoms with Crippen LogP contribution in [0.3, 0.4) is 0 Å². The molecule has 2 unspecified atom stereocenters. The van der Waals surface area contributed by atoms with Gasteiger partial charge >= 0.3 is 5.97 Å². The van der Waals surface area contributed by atoms with E-state index in [-0.39, 0.29) is 11.3 Å². The Kier molecular flexibility index (Phi) is 4.88. The molecule has 1 heterocycles. The molecule has 1 aromatic carbocycles. The molecule has 4 nitrogen and oxygen atoms in total. The Bertz CT molecular complexity index is 544. The van der Waals surface area contributed by atoms with Gasteiger partial charge in [0.15, 0.2) is 0 Å². The van der Waals surface area contributed by atoms with Gasteiger partial charge in [0.1, 0.15) is 6.04 Å². The van der Waals surface area contributed by atoms with Crippen LogP contribution in [-0.4, -0.2) is 39.1 Å². The van der Waals surface area contributed by atoms with Crippen molar-refractivity contribution in [3.8, 4) is 0 Å². The number of carboxylic acid groups (broad SMARTS) is 1. The summed E-state index contributed by atoms with van der Waals surface area (Å²) in [4.78, 5) is 24.7. The van der Waals surface area contributed by atoms with E-state index in [0.29, 0.717) is 5.75 Å². The molecule has 1 aliphatic heterocycles. The zero-order valence-corrected chi connectivity index (χ0v) is 13.2. The smallest absolute Gasteiger partial charge is 0.327 e. The summed E-state index contributed by atoms with van der Waals surface area (Å²) >= 11 is 4.82. The number of thioether (sulfide) groups is 1. The van der Waals surface area contributed by atoms with Crippen molar-refractivity contribution >= 4 is 45.6 Å². The predicted molar refractivity (Wildman–Crippen MR) is 83.4 cm³/mol. The second kappa shape index (κ2) is 6.45. The minimum Gasteiger partial charge on any atom is -0.480 e. The van der Waals surface area contributed by atoms with E-state index in [1.165, 1.54) is 22.7 Å². The summed E-state index contributed by atoms with van der Waals surface area (Å²) in [5.74, 6) is -0.779. The Morgan fingerprint density at radius 2 is 2.05 bits per heavy atom. The van der Waals surface area contributed by atoms with Crippen LogP contribution < -0.4 is 0 Å². The van der Waals surface area contributed by atoms with Crippen LogP contribution in [0.25, 0.3) is 6.08 Å². The van der Waals surface area contributed by atoms with Gasteiger partial charge in [0.25, 0.3) is 0 Å². The molecule has 1 saturated heterocycles. The standard InChI is InChI=1S/C14H14BrNO3S/c1-9-16(12(8-20-9)14(18)19)13(17)7-4-10-2-5-11(15)6-3-10/h2-7,9,12H,8H2,1H3,(H,18,19). The van der Waals surface area contributed by atoms with Crippen LogP contribution in [0.5, 0.6) is 0 Å². The van der Waals surface area contributed by atoms with Gasteiger partial charge in [-0.2, -0.15) is 0 Å². The lowest BCUT2D eigenvalue weighted by Gasteiger charge is -2.23. The van der Waals surface area contributed by atoms with Crippen LogP contribution in [0, 0.1) is 0 Å². The largest absolute Gasteiger partial charge is 0.480 e. The third kappa shape index (κ3) is 3.43. The fraction of sp³-hybridized carbons (Fsp3) is 0.286. The van der Waals surface area contributed by atoms with Gasteiger partial charge in [-0.05, 0) is 30.7 Å². The molecular weight excluding hydrogens is 342 g/mol. The molecule has 0 aromatic heterocycles. The SMILES string of the molecule is CC1SCC(C(=O)O)N1C(=O)C=Cc1ccc(Br)cc1. The fourth-order valence-electron chi connectivity index (χ4n) is 1.99. The first-order valence-electron chi connectivity index (χ1n) is 6.09.